The normalized spacial score (nSPS) is 10.6. The molecule has 0 aliphatic carbocycles. The molecule has 2 aromatic rings. The zero-order valence-electron chi connectivity index (χ0n) is 9.53. The summed E-state index contributed by atoms with van der Waals surface area (Å²) < 4.78 is 1.71. The fourth-order valence-electron chi connectivity index (χ4n) is 1.82. The Hall–Kier alpha value is -1.90. The number of rotatable bonds is 3. The molecule has 1 heterocycles. The number of nitrogens with zero attached hydrogens (tertiary/aromatic N) is 2. The summed E-state index contributed by atoms with van der Waals surface area (Å²) in [7, 11) is 0. The average molecular weight is 214 g/mol. The van der Waals surface area contributed by atoms with Crippen molar-refractivity contribution in [3.8, 4) is 0 Å². The van der Waals surface area contributed by atoms with Crippen LogP contribution in [0, 0.1) is 6.92 Å². The minimum absolute atomic E-state index is 0.285. The van der Waals surface area contributed by atoms with Gasteiger partial charge in [-0.3, -0.25) is 4.68 Å². The molecule has 0 spiro atoms. The highest BCUT2D eigenvalue weighted by molar-refractivity contribution is 5.90. The van der Waals surface area contributed by atoms with Gasteiger partial charge in [0.1, 0.15) is 6.29 Å². The number of benzene rings is 1. The first-order valence-corrected chi connectivity index (χ1v) is 5.20. The van der Waals surface area contributed by atoms with Crippen LogP contribution in [0.4, 0.5) is 0 Å². The Bertz CT molecular complexity index is 567. The second kappa shape index (κ2) is 3.93. The van der Waals surface area contributed by atoms with E-state index in [0.717, 1.165) is 28.5 Å². The van der Waals surface area contributed by atoms with Gasteiger partial charge in [-0.2, -0.15) is 5.10 Å². The third-order valence-electron chi connectivity index (χ3n) is 2.56. The molecule has 0 aliphatic rings. The Morgan fingerprint density at radius 3 is 2.94 bits per heavy atom. The predicted octanol–water partition coefficient (Wildman–Crippen LogP) is 2.58. The first-order valence-electron chi connectivity index (χ1n) is 5.20. The number of carbonyl (C=O) groups excluding carboxylic acids is 1. The van der Waals surface area contributed by atoms with Gasteiger partial charge in [-0.25, -0.2) is 0 Å². The van der Waals surface area contributed by atoms with Crippen LogP contribution in [0.2, 0.25) is 0 Å². The standard InChI is InChI=1S/C13H14N2O/c1-9(2)13-11-8-10(3)4-5-12(11)15(14-13)6-7-16/h4-5,7-8H,1,6H2,2-3H3. The van der Waals surface area contributed by atoms with Gasteiger partial charge in [0, 0.05) is 5.39 Å². The van der Waals surface area contributed by atoms with Crippen LogP contribution in [-0.4, -0.2) is 16.1 Å². The van der Waals surface area contributed by atoms with Gasteiger partial charge in [0.25, 0.3) is 0 Å². The fourth-order valence-corrected chi connectivity index (χ4v) is 1.82. The predicted molar refractivity (Wildman–Crippen MR) is 65.2 cm³/mol. The second-order valence-electron chi connectivity index (χ2n) is 4.00. The summed E-state index contributed by atoms with van der Waals surface area (Å²) in [5.74, 6) is 0. The van der Waals surface area contributed by atoms with Gasteiger partial charge in [-0.15, -0.1) is 0 Å². The summed E-state index contributed by atoms with van der Waals surface area (Å²) in [5.41, 5.74) is 3.96. The van der Waals surface area contributed by atoms with Crippen LogP contribution in [0.5, 0.6) is 0 Å². The Morgan fingerprint density at radius 2 is 2.31 bits per heavy atom. The van der Waals surface area contributed by atoms with Crippen molar-refractivity contribution in [1.82, 2.24) is 9.78 Å². The van der Waals surface area contributed by atoms with Crippen molar-refractivity contribution in [2.45, 2.75) is 20.4 Å². The monoisotopic (exact) mass is 214 g/mol. The topological polar surface area (TPSA) is 34.9 Å². The maximum atomic E-state index is 10.6. The molecular formula is C13H14N2O. The summed E-state index contributed by atoms with van der Waals surface area (Å²) in [4.78, 5) is 10.6. The number of fused-ring (bicyclic) bond motifs is 1. The van der Waals surface area contributed by atoms with E-state index in [1.54, 1.807) is 4.68 Å². The molecule has 0 radical (unpaired) electrons. The lowest BCUT2D eigenvalue weighted by atomic mass is 10.1. The third kappa shape index (κ3) is 1.65. The summed E-state index contributed by atoms with van der Waals surface area (Å²) in [6.07, 6.45) is 0.856. The summed E-state index contributed by atoms with van der Waals surface area (Å²) >= 11 is 0. The molecule has 0 amide bonds. The Kier molecular flexibility index (Phi) is 2.60. The second-order valence-corrected chi connectivity index (χ2v) is 4.00. The van der Waals surface area contributed by atoms with Crippen LogP contribution < -0.4 is 0 Å². The van der Waals surface area contributed by atoms with Crippen LogP contribution in [0.1, 0.15) is 18.2 Å². The van der Waals surface area contributed by atoms with Crippen molar-refractivity contribution >= 4 is 22.8 Å². The Morgan fingerprint density at radius 1 is 1.56 bits per heavy atom. The van der Waals surface area contributed by atoms with E-state index in [4.69, 9.17) is 0 Å². The number of aryl methyl sites for hydroxylation is 1. The van der Waals surface area contributed by atoms with Crippen molar-refractivity contribution in [2.24, 2.45) is 0 Å². The van der Waals surface area contributed by atoms with E-state index in [9.17, 15) is 4.79 Å². The minimum atomic E-state index is 0.285. The highest BCUT2D eigenvalue weighted by atomic mass is 16.1. The Balaban J connectivity index is 2.75. The van der Waals surface area contributed by atoms with Crippen molar-refractivity contribution < 1.29 is 4.79 Å². The average Bonchev–Trinajstić information content (AvgIpc) is 2.57. The van der Waals surface area contributed by atoms with Crippen molar-refractivity contribution in [2.75, 3.05) is 0 Å². The van der Waals surface area contributed by atoms with Crippen molar-refractivity contribution in [3.05, 3.63) is 36.0 Å². The molecule has 3 heteroatoms. The van der Waals surface area contributed by atoms with Gasteiger partial charge in [0.15, 0.2) is 0 Å². The number of hydrogen-bond acceptors (Lipinski definition) is 2. The van der Waals surface area contributed by atoms with Gasteiger partial charge in [0.05, 0.1) is 17.8 Å². The highest BCUT2D eigenvalue weighted by Gasteiger charge is 2.10. The molecule has 0 aliphatic heterocycles. The van der Waals surface area contributed by atoms with Crippen LogP contribution in [-0.2, 0) is 11.3 Å². The molecule has 0 fully saturated rings. The molecular weight excluding hydrogens is 200 g/mol. The molecule has 0 atom stereocenters. The largest absolute Gasteiger partial charge is 0.301 e. The first-order chi connectivity index (χ1) is 7.63. The van der Waals surface area contributed by atoms with Crippen molar-refractivity contribution in [3.63, 3.8) is 0 Å². The quantitative estimate of drug-likeness (QED) is 0.736. The Labute approximate surface area is 94.4 Å². The van der Waals surface area contributed by atoms with Gasteiger partial charge in [-0.1, -0.05) is 18.2 Å². The van der Waals surface area contributed by atoms with Gasteiger partial charge in [-0.05, 0) is 31.6 Å². The van der Waals surface area contributed by atoms with Crippen molar-refractivity contribution in [1.29, 1.82) is 0 Å². The molecule has 1 aromatic heterocycles. The van der Waals surface area contributed by atoms with E-state index < -0.39 is 0 Å². The number of allylic oxidation sites excluding steroid dienone is 1. The maximum Gasteiger partial charge on any atom is 0.141 e. The lowest BCUT2D eigenvalue weighted by molar-refractivity contribution is -0.108. The van der Waals surface area contributed by atoms with Gasteiger partial charge < -0.3 is 4.79 Å². The summed E-state index contributed by atoms with van der Waals surface area (Å²) in [6, 6.07) is 6.09. The lowest BCUT2D eigenvalue weighted by Gasteiger charge is -1.97. The smallest absolute Gasteiger partial charge is 0.141 e. The molecule has 3 nitrogen and oxygen atoms in total. The zero-order valence-corrected chi connectivity index (χ0v) is 9.53. The number of aldehydes is 1. The molecule has 0 saturated carbocycles. The van der Waals surface area contributed by atoms with Crippen LogP contribution in [0.25, 0.3) is 16.5 Å². The van der Waals surface area contributed by atoms with E-state index in [0.29, 0.717) is 0 Å². The maximum absolute atomic E-state index is 10.6. The fraction of sp³-hybridized carbons (Fsp3) is 0.231. The zero-order chi connectivity index (χ0) is 11.7. The molecule has 82 valence electrons. The van der Waals surface area contributed by atoms with Gasteiger partial charge in [0.2, 0.25) is 0 Å². The van der Waals surface area contributed by atoms with E-state index in [-0.39, 0.29) is 6.54 Å². The lowest BCUT2D eigenvalue weighted by Crippen LogP contribution is -2.00. The summed E-state index contributed by atoms with van der Waals surface area (Å²) in [5, 5.41) is 5.47. The van der Waals surface area contributed by atoms with Crippen LogP contribution in [0.3, 0.4) is 0 Å². The molecule has 0 bridgehead atoms. The number of carbonyl (C=O) groups is 1. The number of hydrogen-bond donors (Lipinski definition) is 0. The minimum Gasteiger partial charge on any atom is -0.301 e. The van der Waals surface area contributed by atoms with Crippen LogP contribution >= 0.6 is 0 Å². The molecule has 0 N–H and O–H groups in total. The van der Waals surface area contributed by atoms with Gasteiger partial charge >= 0.3 is 0 Å². The molecule has 1 aromatic carbocycles. The third-order valence-corrected chi connectivity index (χ3v) is 2.56. The molecule has 0 unspecified atom stereocenters. The first kappa shape index (κ1) is 10.6. The number of aromatic nitrogens is 2. The SMILES string of the molecule is C=C(C)c1nn(CC=O)c2ccc(C)cc12. The van der Waals surface area contributed by atoms with E-state index in [2.05, 4.69) is 17.7 Å². The van der Waals surface area contributed by atoms with Crippen LogP contribution in [0.15, 0.2) is 24.8 Å². The molecule has 16 heavy (non-hydrogen) atoms. The van der Waals surface area contributed by atoms with E-state index >= 15 is 0 Å². The van der Waals surface area contributed by atoms with E-state index in [1.807, 2.05) is 26.0 Å². The van der Waals surface area contributed by atoms with E-state index in [1.165, 1.54) is 5.56 Å². The summed E-state index contributed by atoms with van der Waals surface area (Å²) in [6.45, 7) is 8.17. The highest BCUT2D eigenvalue weighted by Crippen LogP contribution is 2.24. The molecule has 2 rings (SSSR count). The molecule has 0 saturated heterocycles.